The van der Waals surface area contributed by atoms with Crippen molar-refractivity contribution >= 4 is 27.2 Å². The van der Waals surface area contributed by atoms with Crippen LogP contribution in [0.1, 0.15) is 25.3 Å². The molecule has 1 fully saturated rings. The molecule has 21 heavy (non-hydrogen) atoms. The van der Waals surface area contributed by atoms with Gasteiger partial charge in [-0.25, -0.2) is 17.5 Å². The van der Waals surface area contributed by atoms with Gasteiger partial charge in [0.15, 0.2) is 0 Å². The SMILES string of the molecule is CC(NS(=O)(=O)c1ccc(F)c(C(N)=S)c1)C1CCCO1. The lowest BCUT2D eigenvalue weighted by molar-refractivity contribution is 0.0902. The number of benzene rings is 1. The van der Waals surface area contributed by atoms with Crippen LogP contribution in [0.15, 0.2) is 23.1 Å². The van der Waals surface area contributed by atoms with E-state index in [0.717, 1.165) is 25.0 Å². The summed E-state index contributed by atoms with van der Waals surface area (Å²) in [6.45, 7) is 2.38. The second kappa shape index (κ2) is 6.35. The van der Waals surface area contributed by atoms with Gasteiger partial charge in [-0.3, -0.25) is 0 Å². The number of hydrogen-bond donors (Lipinski definition) is 2. The Balaban J connectivity index is 2.23. The van der Waals surface area contributed by atoms with E-state index in [1.165, 1.54) is 6.07 Å². The van der Waals surface area contributed by atoms with Gasteiger partial charge in [0.25, 0.3) is 0 Å². The first-order valence-corrected chi connectivity index (χ1v) is 8.43. The van der Waals surface area contributed by atoms with E-state index in [1.807, 2.05) is 0 Å². The quantitative estimate of drug-likeness (QED) is 0.795. The van der Waals surface area contributed by atoms with Crippen molar-refractivity contribution in [3.63, 3.8) is 0 Å². The molecular formula is C13H17FN2O3S2. The van der Waals surface area contributed by atoms with E-state index in [4.69, 9.17) is 22.7 Å². The first-order chi connectivity index (χ1) is 9.81. The minimum atomic E-state index is -3.78. The van der Waals surface area contributed by atoms with Crippen molar-refractivity contribution in [2.45, 2.75) is 36.8 Å². The Labute approximate surface area is 128 Å². The van der Waals surface area contributed by atoms with Crippen LogP contribution >= 0.6 is 12.2 Å². The largest absolute Gasteiger partial charge is 0.389 e. The van der Waals surface area contributed by atoms with Crippen LogP contribution in [0.2, 0.25) is 0 Å². The van der Waals surface area contributed by atoms with Crippen molar-refractivity contribution in [3.05, 3.63) is 29.6 Å². The number of rotatable bonds is 5. The number of nitrogens with one attached hydrogen (secondary N) is 1. The minimum absolute atomic E-state index is 0.0726. The highest BCUT2D eigenvalue weighted by molar-refractivity contribution is 7.89. The Bertz CT molecular complexity index is 643. The van der Waals surface area contributed by atoms with Crippen LogP contribution in [0.3, 0.4) is 0 Å². The van der Waals surface area contributed by atoms with Gasteiger partial charge in [0.1, 0.15) is 10.8 Å². The Morgan fingerprint density at radius 3 is 2.86 bits per heavy atom. The molecule has 0 bridgehead atoms. The molecule has 0 amide bonds. The molecule has 8 heteroatoms. The summed E-state index contributed by atoms with van der Waals surface area (Å²) in [5.41, 5.74) is 5.30. The molecule has 5 nitrogen and oxygen atoms in total. The van der Waals surface area contributed by atoms with Crippen LogP contribution < -0.4 is 10.5 Å². The smallest absolute Gasteiger partial charge is 0.240 e. The van der Waals surface area contributed by atoms with Gasteiger partial charge in [-0.1, -0.05) is 12.2 Å². The third-order valence-corrected chi connectivity index (χ3v) is 5.15. The fourth-order valence-corrected chi connectivity index (χ4v) is 3.70. The third kappa shape index (κ3) is 3.76. The Morgan fingerprint density at radius 2 is 2.29 bits per heavy atom. The summed E-state index contributed by atoms with van der Waals surface area (Å²) in [5.74, 6) is -0.645. The van der Waals surface area contributed by atoms with Crippen LogP contribution in [0.5, 0.6) is 0 Å². The van der Waals surface area contributed by atoms with Crippen molar-refractivity contribution in [3.8, 4) is 0 Å². The molecule has 1 saturated heterocycles. The lowest BCUT2D eigenvalue weighted by atomic mass is 10.1. The molecule has 0 radical (unpaired) electrons. The predicted octanol–water partition coefficient (Wildman–Crippen LogP) is 1.31. The summed E-state index contributed by atoms with van der Waals surface area (Å²) in [6, 6.07) is 3.00. The molecule has 2 unspecified atom stereocenters. The molecule has 2 atom stereocenters. The fraction of sp³-hybridized carbons (Fsp3) is 0.462. The second-order valence-corrected chi connectivity index (χ2v) is 7.12. The number of nitrogens with two attached hydrogens (primary N) is 1. The van der Waals surface area contributed by atoms with E-state index in [2.05, 4.69) is 4.72 Å². The first kappa shape index (κ1) is 16.3. The molecule has 116 valence electrons. The summed E-state index contributed by atoms with van der Waals surface area (Å²) >= 11 is 4.71. The lowest BCUT2D eigenvalue weighted by Gasteiger charge is -2.20. The summed E-state index contributed by atoms with van der Waals surface area (Å²) in [5, 5.41) is 0. The Kier molecular flexibility index (Phi) is 4.92. The zero-order valence-corrected chi connectivity index (χ0v) is 13.1. The van der Waals surface area contributed by atoms with Crippen molar-refractivity contribution in [1.82, 2.24) is 4.72 Å². The molecule has 1 heterocycles. The normalized spacial score (nSPS) is 20.4. The van der Waals surface area contributed by atoms with E-state index in [-0.39, 0.29) is 27.6 Å². The highest BCUT2D eigenvalue weighted by Gasteiger charge is 2.27. The fourth-order valence-electron chi connectivity index (χ4n) is 2.25. The molecule has 0 aromatic heterocycles. The zero-order valence-electron chi connectivity index (χ0n) is 11.5. The van der Waals surface area contributed by atoms with Gasteiger partial charge in [-0.2, -0.15) is 0 Å². The first-order valence-electron chi connectivity index (χ1n) is 6.54. The highest BCUT2D eigenvalue weighted by Crippen LogP contribution is 2.19. The molecule has 3 N–H and O–H groups in total. The molecule has 1 aliphatic rings. The van der Waals surface area contributed by atoms with Gasteiger partial charge in [-0.05, 0) is 38.0 Å². The molecule has 0 aliphatic carbocycles. The molecule has 1 aliphatic heterocycles. The van der Waals surface area contributed by atoms with Crippen LogP contribution in [-0.2, 0) is 14.8 Å². The number of halogens is 1. The number of thiocarbonyl (C=S) groups is 1. The van der Waals surface area contributed by atoms with E-state index in [9.17, 15) is 12.8 Å². The van der Waals surface area contributed by atoms with Crippen LogP contribution in [0.4, 0.5) is 4.39 Å². The summed E-state index contributed by atoms with van der Waals surface area (Å²) in [4.78, 5) is -0.256. The van der Waals surface area contributed by atoms with Gasteiger partial charge in [0.05, 0.1) is 11.0 Å². The van der Waals surface area contributed by atoms with Gasteiger partial charge in [0, 0.05) is 18.2 Å². The van der Waals surface area contributed by atoms with E-state index < -0.39 is 15.8 Å². The average Bonchev–Trinajstić information content (AvgIpc) is 2.92. The van der Waals surface area contributed by atoms with Gasteiger partial charge in [-0.15, -0.1) is 0 Å². The van der Waals surface area contributed by atoms with Crippen molar-refractivity contribution in [2.24, 2.45) is 5.73 Å². The van der Waals surface area contributed by atoms with Crippen molar-refractivity contribution in [1.29, 1.82) is 0 Å². The number of hydrogen-bond acceptors (Lipinski definition) is 4. The van der Waals surface area contributed by atoms with E-state index in [1.54, 1.807) is 6.92 Å². The Hall–Kier alpha value is -1.09. The molecule has 1 aromatic rings. The summed E-state index contributed by atoms with van der Waals surface area (Å²) in [6.07, 6.45) is 1.58. The molecule has 1 aromatic carbocycles. The average molecular weight is 332 g/mol. The van der Waals surface area contributed by atoms with Crippen LogP contribution in [0, 0.1) is 5.82 Å². The van der Waals surface area contributed by atoms with Gasteiger partial charge in [0.2, 0.25) is 10.0 Å². The maximum atomic E-state index is 13.5. The van der Waals surface area contributed by atoms with Crippen molar-refractivity contribution in [2.75, 3.05) is 6.61 Å². The Morgan fingerprint density at radius 1 is 1.57 bits per heavy atom. The lowest BCUT2D eigenvalue weighted by Crippen LogP contribution is -2.40. The monoisotopic (exact) mass is 332 g/mol. The minimum Gasteiger partial charge on any atom is -0.389 e. The molecule has 2 rings (SSSR count). The third-order valence-electron chi connectivity index (χ3n) is 3.38. The maximum absolute atomic E-state index is 13.5. The highest BCUT2D eigenvalue weighted by atomic mass is 32.2. The summed E-state index contributed by atoms with van der Waals surface area (Å²) in [7, 11) is -3.78. The van der Waals surface area contributed by atoms with Gasteiger partial charge < -0.3 is 10.5 Å². The second-order valence-electron chi connectivity index (χ2n) is 4.97. The van der Waals surface area contributed by atoms with Crippen LogP contribution in [0.25, 0.3) is 0 Å². The van der Waals surface area contributed by atoms with Crippen LogP contribution in [-0.4, -0.2) is 32.2 Å². The predicted molar refractivity (Wildman–Crippen MR) is 81.0 cm³/mol. The maximum Gasteiger partial charge on any atom is 0.240 e. The zero-order chi connectivity index (χ0) is 15.6. The van der Waals surface area contributed by atoms with Crippen molar-refractivity contribution < 1.29 is 17.5 Å². The van der Waals surface area contributed by atoms with E-state index in [0.29, 0.717) is 6.61 Å². The molecule has 0 spiro atoms. The number of ether oxygens (including phenoxy) is 1. The summed E-state index contributed by atoms with van der Waals surface area (Å²) < 4.78 is 46.1. The number of sulfonamides is 1. The molecular weight excluding hydrogens is 315 g/mol. The standard InChI is InChI=1S/C13H17FN2O3S2/c1-8(12-3-2-6-19-12)16-21(17,18)9-4-5-11(14)10(7-9)13(15)20/h4-5,7-8,12,16H,2-3,6H2,1H3,(H2,15,20). The van der Waals surface area contributed by atoms with E-state index >= 15 is 0 Å². The van der Waals surface area contributed by atoms with Gasteiger partial charge >= 0.3 is 0 Å². The topological polar surface area (TPSA) is 81.4 Å². The molecule has 0 saturated carbocycles.